The molecule has 0 saturated heterocycles. The summed E-state index contributed by atoms with van der Waals surface area (Å²) in [5, 5.41) is 0. The van der Waals surface area contributed by atoms with E-state index in [0.29, 0.717) is 5.69 Å². The van der Waals surface area contributed by atoms with Crippen LogP contribution >= 0.6 is 0 Å². The van der Waals surface area contributed by atoms with Crippen molar-refractivity contribution in [3.63, 3.8) is 0 Å². The van der Waals surface area contributed by atoms with E-state index < -0.39 is 5.91 Å². The summed E-state index contributed by atoms with van der Waals surface area (Å²) in [4.78, 5) is 24.0. The Morgan fingerprint density at radius 1 is 1.39 bits per heavy atom. The van der Waals surface area contributed by atoms with Gasteiger partial charge in [-0.3, -0.25) is 9.59 Å². The maximum atomic E-state index is 11.7. The summed E-state index contributed by atoms with van der Waals surface area (Å²) >= 11 is 0. The molecule has 0 bridgehead atoms. The summed E-state index contributed by atoms with van der Waals surface area (Å²) in [7, 11) is 1.42. The number of methoxy groups -OCH3 is 1. The molecule has 98 valence electrons. The second kappa shape index (κ2) is 6.61. The van der Waals surface area contributed by atoms with Crippen molar-refractivity contribution in [2.75, 3.05) is 26.0 Å². The highest BCUT2D eigenvalue weighted by Crippen LogP contribution is 2.09. The number of nitrogens with zero attached hydrogens (tertiary/aromatic N) is 1. The molecule has 0 atom stereocenters. The molecule has 4 N–H and O–H groups in total. The first-order chi connectivity index (χ1) is 8.52. The fourth-order valence-electron chi connectivity index (χ4n) is 1.55. The Morgan fingerprint density at radius 3 is 2.67 bits per heavy atom. The van der Waals surface area contributed by atoms with E-state index in [1.807, 2.05) is 6.07 Å². The zero-order valence-electron chi connectivity index (χ0n) is 10.3. The van der Waals surface area contributed by atoms with Gasteiger partial charge in [0.25, 0.3) is 0 Å². The van der Waals surface area contributed by atoms with E-state index in [1.54, 1.807) is 18.2 Å². The molecule has 0 heterocycles. The number of ether oxygens (including phenoxy) is 1. The molecule has 6 nitrogen and oxygen atoms in total. The Hall–Kier alpha value is -2.08. The van der Waals surface area contributed by atoms with Crippen molar-refractivity contribution in [2.24, 2.45) is 5.73 Å². The lowest BCUT2D eigenvalue weighted by Crippen LogP contribution is -2.39. The number of hydrogen-bond acceptors (Lipinski definition) is 4. The molecule has 2 amide bonds. The molecule has 0 aliphatic rings. The summed E-state index contributed by atoms with van der Waals surface area (Å²) in [6.45, 7) is 0.0444. The molecule has 18 heavy (non-hydrogen) atoms. The third kappa shape index (κ3) is 4.42. The number of benzene rings is 1. The molecule has 0 spiro atoms. The fourth-order valence-corrected chi connectivity index (χ4v) is 1.55. The lowest BCUT2D eigenvalue weighted by molar-refractivity contribution is -0.139. The Morgan fingerprint density at radius 2 is 2.11 bits per heavy atom. The van der Waals surface area contributed by atoms with Crippen LogP contribution in [0.3, 0.4) is 0 Å². The van der Waals surface area contributed by atoms with Crippen LogP contribution in [0.4, 0.5) is 5.69 Å². The highest BCUT2D eigenvalue weighted by molar-refractivity contribution is 5.84. The lowest BCUT2D eigenvalue weighted by atomic mass is 10.2. The van der Waals surface area contributed by atoms with E-state index in [0.717, 1.165) is 5.56 Å². The predicted molar refractivity (Wildman–Crippen MR) is 67.3 cm³/mol. The minimum atomic E-state index is -0.566. The number of primary amides is 1. The van der Waals surface area contributed by atoms with Gasteiger partial charge in [-0.2, -0.15) is 0 Å². The van der Waals surface area contributed by atoms with Crippen molar-refractivity contribution < 1.29 is 14.3 Å². The van der Waals surface area contributed by atoms with Gasteiger partial charge in [-0.1, -0.05) is 12.1 Å². The van der Waals surface area contributed by atoms with Gasteiger partial charge in [-0.25, -0.2) is 0 Å². The third-order valence-electron chi connectivity index (χ3n) is 2.29. The first-order valence-corrected chi connectivity index (χ1v) is 5.42. The SMILES string of the molecule is COCC(=O)N(CC(N)=O)Cc1cccc(N)c1. The molecule has 0 aliphatic heterocycles. The summed E-state index contributed by atoms with van der Waals surface area (Å²) in [5.41, 5.74) is 12.2. The molecule has 0 unspecified atom stereocenters. The zero-order valence-corrected chi connectivity index (χ0v) is 10.3. The number of hydrogen-bond donors (Lipinski definition) is 2. The van der Waals surface area contributed by atoms with Crippen LogP contribution in [0.1, 0.15) is 5.56 Å². The molecule has 0 aliphatic carbocycles. The van der Waals surface area contributed by atoms with Gasteiger partial charge in [0, 0.05) is 19.3 Å². The van der Waals surface area contributed by atoms with Crippen molar-refractivity contribution in [3.05, 3.63) is 29.8 Å². The van der Waals surface area contributed by atoms with Gasteiger partial charge in [0.2, 0.25) is 11.8 Å². The standard InChI is InChI=1S/C12H17N3O3/c1-18-8-12(17)15(7-11(14)16)6-9-3-2-4-10(13)5-9/h2-5H,6-8,13H2,1H3,(H2,14,16). The Labute approximate surface area is 105 Å². The molecule has 0 radical (unpaired) electrons. The maximum Gasteiger partial charge on any atom is 0.249 e. The van der Waals surface area contributed by atoms with Gasteiger partial charge in [0.05, 0.1) is 6.54 Å². The van der Waals surface area contributed by atoms with E-state index in [1.165, 1.54) is 12.0 Å². The van der Waals surface area contributed by atoms with E-state index in [-0.39, 0.29) is 25.6 Å². The zero-order chi connectivity index (χ0) is 13.5. The Kier molecular flexibility index (Phi) is 5.13. The number of nitrogens with two attached hydrogens (primary N) is 2. The van der Waals surface area contributed by atoms with Crippen LogP contribution in [-0.4, -0.2) is 37.0 Å². The number of carbonyl (C=O) groups excluding carboxylic acids is 2. The van der Waals surface area contributed by atoms with Crippen molar-refractivity contribution in [1.82, 2.24) is 4.90 Å². The second-order valence-electron chi connectivity index (χ2n) is 3.89. The Balaban J connectivity index is 2.77. The second-order valence-corrected chi connectivity index (χ2v) is 3.89. The predicted octanol–water partition coefficient (Wildman–Crippen LogP) is -0.271. The van der Waals surface area contributed by atoms with E-state index in [9.17, 15) is 9.59 Å². The van der Waals surface area contributed by atoms with Crippen molar-refractivity contribution >= 4 is 17.5 Å². The van der Waals surface area contributed by atoms with Crippen LogP contribution in [0.15, 0.2) is 24.3 Å². The van der Waals surface area contributed by atoms with Gasteiger partial charge in [0.15, 0.2) is 0 Å². The molecule has 1 rings (SSSR count). The number of nitrogen functional groups attached to an aromatic ring is 1. The van der Waals surface area contributed by atoms with Crippen LogP contribution in [0.2, 0.25) is 0 Å². The van der Waals surface area contributed by atoms with Gasteiger partial charge in [0.1, 0.15) is 6.61 Å². The van der Waals surface area contributed by atoms with Crippen LogP contribution in [0, 0.1) is 0 Å². The minimum absolute atomic E-state index is 0.0877. The molecular weight excluding hydrogens is 234 g/mol. The first-order valence-electron chi connectivity index (χ1n) is 5.42. The highest BCUT2D eigenvalue weighted by atomic mass is 16.5. The minimum Gasteiger partial charge on any atom is -0.399 e. The summed E-state index contributed by atoms with van der Waals surface area (Å²) in [6, 6.07) is 7.10. The Bertz CT molecular complexity index is 434. The third-order valence-corrected chi connectivity index (χ3v) is 2.29. The smallest absolute Gasteiger partial charge is 0.249 e. The van der Waals surface area contributed by atoms with Crippen LogP contribution in [0.25, 0.3) is 0 Å². The largest absolute Gasteiger partial charge is 0.399 e. The number of amides is 2. The van der Waals surface area contributed by atoms with E-state index in [2.05, 4.69) is 0 Å². The highest BCUT2D eigenvalue weighted by Gasteiger charge is 2.15. The van der Waals surface area contributed by atoms with Crippen LogP contribution in [0.5, 0.6) is 0 Å². The maximum absolute atomic E-state index is 11.7. The molecule has 6 heteroatoms. The van der Waals surface area contributed by atoms with Crippen LogP contribution in [-0.2, 0) is 20.9 Å². The van der Waals surface area contributed by atoms with Crippen molar-refractivity contribution in [2.45, 2.75) is 6.54 Å². The fraction of sp³-hybridized carbons (Fsp3) is 0.333. The molecule has 0 fully saturated rings. The van der Waals surface area contributed by atoms with Gasteiger partial charge < -0.3 is 21.1 Å². The van der Waals surface area contributed by atoms with Crippen molar-refractivity contribution in [3.8, 4) is 0 Å². The monoisotopic (exact) mass is 251 g/mol. The van der Waals surface area contributed by atoms with Crippen molar-refractivity contribution in [1.29, 1.82) is 0 Å². The normalized spacial score (nSPS) is 10.1. The molecular formula is C12H17N3O3. The first kappa shape index (κ1) is 14.0. The number of carbonyl (C=O) groups is 2. The topological polar surface area (TPSA) is 98.6 Å². The average molecular weight is 251 g/mol. The van der Waals surface area contributed by atoms with Gasteiger partial charge in [-0.15, -0.1) is 0 Å². The lowest BCUT2D eigenvalue weighted by Gasteiger charge is -2.21. The van der Waals surface area contributed by atoms with Gasteiger partial charge in [-0.05, 0) is 17.7 Å². The number of anilines is 1. The van der Waals surface area contributed by atoms with E-state index in [4.69, 9.17) is 16.2 Å². The molecule has 1 aromatic carbocycles. The molecule has 0 aromatic heterocycles. The summed E-state index contributed by atoms with van der Waals surface area (Å²) in [5.74, 6) is -0.859. The van der Waals surface area contributed by atoms with Gasteiger partial charge >= 0.3 is 0 Å². The summed E-state index contributed by atoms with van der Waals surface area (Å²) < 4.78 is 4.76. The van der Waals surface area contributed by atoms with E-state index >= 15 is 0 Å². The average Bonchev–Trinajstić information content (AvgIpc) is 2.28. The molecule has 1 aromatic rings. The molecule has 0 saturated carbocycles. The van der Waals surface area contributed by atoms with Crippen LogP contribution < -0.4 is 11.5 Å². The summed E-state index contributed by atoms with van der Waals surface area (Å²) in [6.07, 6.45) is 0. The number of rotatable bonds is 6. The quantitative estimate of drug-likeness (QED) is 0.680.